The Hall–Kier alpha value is -1.59. The van der Waals surface area contributed by atoms with Gasteiger partial charge in [-0.15, -0.1) is 0 Å². The first-order valence-corrected chi connectivity index (χ1v) is 6.15. The van der Waals surface area contributed by atoms with E-state index in [1.165, 1.54) is 0 Å². The lowest BCUT2D eigenvalue weighted by Crippen LogP contribution is -2.28. The summed E-state index contributed by atoms with van der Waals surface area (Å²) < 4.78 is 4.99. The lowest BCUT2D eigenvalue weighted by Gasteiger charge is -2.10. The van der Waals surface area contributed by atoms with E-state index in [1.54, 1.807) is 19.5 Å². The average Bonchev–Trinajstić information content (AvgIpc) is 2.39. The molecule has 18 heavy (non-hydrogen) atoms. The SMILES string of the molecule is CCC(C)COC(=O)NCCON=CCC=NC. The average molecular weight is 257 g/mol. The number of nitrogens with zero attached hydrogens (tertiary/aromatic N) is 2. The summed E-state index contributed by atoms with van der Waals surface area (Å²) in [6.07, 6.45) is 4.54. The van der Waals surface area contributed by atoms with E-state index in [1.807, 2.05) is 6.92 Å². The fourth-order valence-corrected chi connectivity index (χ4v) is 0.887. The summed E-state index contributed by atoms with van der Waals surface area (Å²) in [4.78, 5) is 19.9. The van der Waals surface area contributed by atoms with Crippen molar-refractivity contribution in [2.75, 3.05) is 26.8 Å². The van der Waals surface area contributed by atoms with Crippen molar-refractivity contribution in [3.8, 4) is 0 Å². The Labute approximate surface area is 108 Å². The van der Waals surface area contributed by atoms with Gasteiger partial charge in [-0.2, -0.15) is 0 Å². The van der Waals surface area contributed by atoms with Gasteiger partial charge in [0.2, 0.25) is 0 Å². The standard InChI is InChI=1S/C12H23N3O3/c1-4-11(2)10-17-12(16)14-8-9-18-15-7-5-6-13-3/h6-7,11H,4-5,8-10H2,1-3H3,(H,14,16). The van der Waals surface area contributed by atoms with Gasteiger partial charge < -0.3 is 19.9 Å². The molecule has 0 spiro atoms. The molecule has 0 heterocycles. The van der Waals surface area contributed by atoms with E-state index in [-0.39, 0.29) is 0 Å². The molecule has 1 atom stereocenters. The van der Waals surface area contributed by atoms with Gasteiger partial charge in [0.15, 0.2) is 0 Å². The predicted octanol–water partition coefficient (Wildman–Crippen LogP) is 1.85. The minimum absolute atomic E-state index is 0.318. The minimum Gasteiger partial charge on any atom is -0.449 e. The Morgan fingerprint density at radius 2 is 2.22 bits per heavy atom. The van der Waals surface area contributed by atoms with E-state index < -0.39 is 6.09 Å². The van der Waals surface area contributed by atoms with E-state index in [2.05, 4.69) is 22.4 Å². The molecule has 6 nitrogen and oxygen atoms in total. The van der Waals surface area contributed by atoms with Crippen LogP contribution in [0, 0.1) is 5.92 Å². The van der Waals surface area contributed by atoms with Crippen molar-refractivity contribution in [2.24, 2.45) is 16.1 Å². The van der Waals surface area contributed by atoms with Crippen molar-refractivity contribution in [2.45, 2.75) is 26.7 Å². The molecule has 0 aromatic rings. The van der Waals surface area contributed by atoms with Crippen molar-refractivity contribution in [1.29, 1.82) is 0 Å². The number of oxime groups is 1. The van der Waals surface area contributed by atoms with Crippen molar-refractivity contribution >= 4 is 18.5 Å². The van der Waals surface area contributed by atoms with Crippen LogP contribution in [-0.4, -0.2) is 45.3 Å². The summed E-state index contributed by atoms with van der Waals surface area (Å²) >= 11 is 0. The van der Waals surface area contributed by atoms with Crippen LogP contribution in [0.1, 0.15) is 26.7 Å². The number of rotatable bonds is 9. The van der Waals surface area contributed by atoms with Crippen molar-refractivity contribution in [3.05, 3.63) is 0 Å². The maximum Gasteiger partial charge on any atom is 0.407 e. The zero-order valence-electron chi connectivity index (χ0n) is 11.4. The van der Waals surface area contributed by atoms with Crippen molar-refractivity contribution in [1.82, 2.24) is 5.32 Å². The van der Waals surface area contributed by atoms with Crippen LogP contribution in [0.15, 0.2) is 10.1 Å². The van der Waals surface area contributed by atoms with Crippen LogP contribution in [0.5, 0.6) is 0 Å². The minimum atomic E-state index is -0.416. The zero-order valence-corrected chi connectivity index (χ0v) is 11.4. The second kappa shape index (κ2) is 11.9. The van der Waals surface area contributed by atoms with Gasteiger partial charge in [-0.25, -0.2) is 4.79 Å². The number of alkyl carbamates (subject to hydrolysis) is 1. The monoisotopic (exact) mass is 257 g/mol. The molecule has 0 aromatic heterocycles. The molecule has 6 heteroatoms. The summed E-state index contributed by atoms with van der Waals surface area (Å²) in [6.45, 7) is 5.22. The molecule has 104 valence electrons. The van der Waals surface area contributed by atoms with Crippen LogP contribution in [-0.2, 0) is 9.57 Å². The largest absolute Gasteiger partial charge is 0.449 e. The van der Waals surface area contributed by atoms with Gasteiger partial charge in [0, 0.05) is 25.9 Å². The number of ether oxygens (including phenoxy) is 1. The van der Waals surface area contributed by atoms with Crippen LogP contribution in [0.4, 0.5) is 4.79 Å². The lowest BCUT2D eigenvalue weighted by molar-refractivity contribution is 0.117. The second-order valence-electron chi connectivity index (χ2n) is 3.84. The van der Waals surface area contributed by atoms with E-state index in [9.17, 15) is 4.79 Å². The molecule has 0 rings (SSSR count). The molecule has 0 aliphatic carbocycles. The molecule has 0 fully saturated rings. The third kappa shape index (κ3) is 10.9. The first-order chi connectivity index (χ1) is 8.70. The summed E-state index contributed by atoms with van der Waals surface area (Å²) in [5.74, 6) is 0.386. The molecular formula is C12H23N3O3. The molecule has 0 aliphatic heterocycles. The number of aliphatic imine (C=N–C) groups is 1. The Kier molecular flexibility index (Phi) is 10.8. The molecule has 1 N–H and O–H groups in total. The quantitative estimate of drug-likeness (QED) is 0.389. The second-order valence-corrected chi connectivity index (χ2v) is 3.84. The number of hydrogen-bond donors (Lipinski definition) is 1. The molecule has 0 bridgehead atoms. The maximum atomic E-state index is 11.2. The Morgan fingerprint density at radius 1 is 1.44 bits per heavy atom. The molecule has 1 amide bonds. The van der Waals surface area contributed by atoms with Gasteiger partial charge in [0.1, 0.15) is 6.61 Å². The third-order valence-corrected chi connectivity index (χ3v) is 2.20. The van der Waals surface area contributed by atoms with Crippen LogP contribution in [0.3, 0.4) is 0 Å². The van der Waals surface area contributed by atoms with Gasteiger partial charge in [-0.1, -0.05) is 25.4 Å². The lowest BCUT2D eigenvalue weighted by atomic mass is 10.1. The fraction of sp³-hybridized carbons (Fsp3) is 0.750. The normalized spacial score (nSPS) is 12.8. The highest BCUT2D eigenvalue weighted by Crippen LogP contribution is 2.00. The number of amides is 1. The first-order valence-electron chi connectivity index (χ1n) is 6.15. The first kappa shape index (κ1) is 16.4. The van der Waals surface area contributed by atoms with E-state index in [4.69, 9.17) is 9.57 Å². The molecule has 1 unspecified atom stereocenters. The van der Waals surface area contributed by atoms with Gasteiger partial charge in [-0.05, 0) is 5.92 Å². The topological polar surface area (TPSA) is 72.3 Å². The molecule has 0 saturated carbocycles. The number of carbonyl (C=O) groups is 1. The highest BCUT2D eigenvalue weighted by molar-refractivity contribution is 5.78. The van der Waals surface area contributed by atoms with Gasteiger partial charge >= 0.3 is 6.09 Å². The van der Waals surface area contributed by atoms with Crippen molar-refractivity contribution < 1.29 is 14.4 Å². The van der Waals surface area contributed by atoms with E-state index in [0.29, 0.717) is 32.1 Å². The summed E-state index contributed by atoms with van der Waals surface area (Å²) in [7, 11) is 1.70. The molecule has 0 saturated heterocycles. The highest BCUT2D eigenvalue weighted by Gasteiger charge is 2.04. The molecule has 0 radical (unpaired) electrons. The van der Waals surface area contributed by atoms with Crippen LogP contribution in [0.25, 0.3) is 0 Å². The van der Waals surface area contributed by atoms with Gasteiger partial charge in [0.25, 0.3) is 0 Å². The van der Waals surface area contributed by atoms with Crippen LogP contribution < -0.4 is 5.32 Å². The summed E-state index contributed by atoms with van der Waals surface area (Å²) in [5, 5.41) is 6.26. The number of nitrogens with one attached hydrogen (secondary N) is 1. The van der Waals surface area contributed by atoms with Crippen molar-refractivity contribution in [3.63, 3.8) is 0 Å². The summed E-state index contributed by atoms with van der Waals surface area (Å²) in [6, 6.07) is 0. The number of hydrogen-bond acceptors (Lipinski definition) is 5. The Bertz CT molecular complexity index is 267. The molecule has 0 aliphatic rings. The smallest absolute Gasteiger partial charge is 0.407 e. The van der Waals surface area contributed by atoms with Crippen LogP contribution >= 0.6 is 0 Å². The van der Waals surface area contributed by atoms with Crippen LogP contribution in [0.2, 0.25) is 0 Å². The third-order valence-electron chi connectivity index (χ3n) is 2.20. The Balaban J connectivity index is 3.37. The van der Waals surface area contributed by atoms with E-state index >= 15 is 0 Å². The van der Waals surface area contributed by atoms with Gasteiger partial charge in [0.05, 0.1) is 13.2 Å². The Morgan fingerprint density at radius 3 is 2.89 bits per heavy atom. The molecule has 0 aromatic carbocycles. The molecular weight excluding hydrogens is 234 g/mol. The zero-order chi connectivity index (χ0) is 13.6. The van der Waals surface area contributed by atoms with E-state index in [0.717, 1.165) is 6.42 Å². The predicted molar refractivity (Wildman–Crippen MR) is 72.3 cm³/mol. The number of carbonyl (C=O) groups excluding carboxylic acids is 1. The highest BCUT2D eigenvalue weighted by atomic mass is 16.6. The van der Waals surface area contributed by atoms with Gasteiger partial charge in [-0.3, -0.25) is 0 Å². The maximum absolute atomic E-state index is 11.2. The fourth-order valence-electron chi connectivity index (χ4n) is 0.887. The summed E-state index contributed by atoms with van der Waals surface area (Å²) in [5.41, 5.74) is 0.